The van der Waals surface area contributed by atoms with Crippen LogP contribution in [0.15, 0.2) is 22.7 Å². The molecule has 1 N–H and O–H groups in total. The summed E-state index contributed by atoms with van der Waals surface area (Å²) in [4.78, 5) is 0. The molecule has 1 aliphatic carbocycles. The molecule has 2 rings (SSSR count). The highest BCUT2D eigenvalue weighted by Crippen LogP contribution is 2.29. The summed E-state index contributed by atoms with van der Waals surface area (Å²) in [5.74, 6) is 2.29. The van der Waals surface area contributed by atoms with Gasteiger partial charge in [-0.05, 0) is 64.8 Å². The van der Waals surface area contributed by atoms with E-state index in [4.69, 9.17) is 9.47 Å². The Hall–Kier alpha value is -0.580. The maximum absolute atomic E-state index is 5.62. The third-order valence-electron chi connectivity index (χ3n) is 3.23. The molecule has 112 valence electrons. The Morgan fingerprint density at radius 3 is 2.80 bits per heavy atom. The van der Waals surface area contributed by atoms with Crippen LogP contribution < -0.4 is 10.1 Å². The summed E-state index contributed by atoms with van der Waals surface area (Å²) >= 11 is 3.55. The molecule has 1 aromatic carbocycles. The number of benzene rings is 1. The minimum Gasteiger partial charge on any atom is -0.466 e. The van der Waals surface area contributed by atoms with E-state index in [9.17, 15) is 0 Å². The molecule has 1 aliphatic rings. The smallest absolute Gasteiger partial charge is 0.189 e. The van der Waals surface area contributed by atoms with Crippen LogP contribution in [0.5, 0.6) is 5.75 Å². The molecule has 1 fully saturated rings. The largest absolute Gasteiger partial charge is 0.466 e. The lowest BCUT2D eigenvalue weighted by atomic mass is 10.2. The van der Waals surface area contributed by atoms with Gasteiger partial charge in [-0.25, -0.2) is 0 Å². The van der Waals surface area contributed by atoms with E-state index in [2.05, 4.69) is 47.2 Å². The van der Waals surface area contributed by atoms with E-state index < -0.39 is 0 Å². The van der Waals surface area contributed by atoms with Gasteiger partial charge in [-0.1, -0.05) is 19.9 Å². The molecule has 4 heteroatoms. The quantitative estimate of drug-likeness (QED) is 0.544. The van der Waals surface area contributed by atoms with Crippen molar-refractivity contribution in [1.29, 1.82) is 0 Å². The second-order valence-electron chi connectivity index (χ2n) is 5.87. The van der Waals surface area contributed by atoms with Crippen molar-refractivity contribution in [3.8, 4) is 5.75 Å². The van der Waals surface area contributed by atoms with Gasteiger partial charge in [-0.3, -0.25) is 0 Å². The molecule has 0 saturated heterocycles. The third kappa shape index (κ3) is 5.81. The van der Waals surface area contributed by atoms with Crippen molar-refractivity contribution in [2.24, 2.45) is 11.8 Å². The van der Waals surface area contributed by atoms with Crippen LogP contribution in [0, 0.1) is 11.8 Å². The Labute approximate surface area is 130 Å². The predicted octanol–water partition coefficient (Wildman–Crippen LogP) is 3.96. The summed E-state index contributed by atoms with van der Waals surface area (Å²) < 4.78 is 12.1. The van der Waals surface area contributed by atoms with Gasteiger partial charge in [-0.2, -0.15) is 0 Å². The van der Waals surface area contributed by atoms with Crippen LogP contribution in [0.1, 0.15) is 32.3 Å². The van der Waals surface area contributed by atoms with Crippen LogP contribution in [-0.4, -0.2) is 19.9 Å². The molecule has 0 bridgehead atoms. The van der Waals surface area contributed by atoms with Crippen molar-refractivity contribution in [3.05, 3.63) is 28.2 Å². The second kappa shape index (κ2) is 8.01. The minimum absolute atomic E-state index is 0.333. The average molecular weight is 342 g/mol. The standard InChI is InChI=1S/C16H24BrNO2/c1-12(2)8-18-9-14-5-6-16(15(17)7-14)20-11-19-10-13-3-4-13/h5-7,12-13,18H,3-4,8-11H2,1-2H3. The van der Waals surface area contributed by atoms with Gasteiger partial charge in [0, 0.05) is 6.54 Å². The molecule has 0 atom stereocenters. The molecular weight excluding hydrogens is 318 g/mol. The average Bonchev–Trinajstić information content (AvgIpc) is 3.20. The Kier molecular flexibility index (Phi) is 6.33. The summed E-state index contributed by atoms with van der Waals surface area (Å²) in [5, 5.41) is 3.43. The first-order valence-corrected chi connectivity index (χ1v) is 8.14. The van der Waals surface area contributed by atoms with Crippen LogP contribution in [-0.2, 0) is 11.3 Å². The summed E-state index contributed by atoms with van der Waals surface area (Å²) in [6, 6.07) is 6.19. The van der Waals surface area contributed by atoms with Gasteiger partial charge in [0.1, 0.15) is 5.75 Å². The number of halogens is 1. The SMILES string of the molecule is CC(C)CNCc1ccc(OCOCC2CC2)c(Br)c1. The number of hydrogen-bond donors (Lipinski definition) is 1. The zero-order chi connectivity index (χ0) is 14.4. The first kappa shape index (κ1) is 15.8. The molecule has 0 aromatic heterocycles. The van der Waals surface area contributed by atoms with Gasteiger partial charge in [0.2, 0.25) is 0 Å². The lowest BCUT2D eigenvalue weighted by Gasteiger charge is -2.11. The topological polar surface area (TPSA) is 30.5 Å². The molecule has 0 amide bonds. The van der Waals surface area contributed by atoms with Gasteiger partial charge < -0.3 is 14.8 Å². The van der Waals surface area contributed by atoms with Crippen molar-refractivity contribution in [2.75, 3.05) is 19.9 Å². The van der Waals surface area contributed by atoms with Crippen LogP contribution >= 0.6 is 15.9 Å². The van der Waals surface area contributed by atoms with Crippen molar-refractivity contribution >= 4 is 15.9 Å². The highest BCUT2D eigenvalue weighted by atomic mass is 79.9. The van der Waals surface area contributed by atoms with Gasteiger partial charge in [0.25, 0.3) is 0 Å². The van der Waals surface area contributed by atoms with Crippen LogP contribution in [0.3, 0.4) is 0 Å². The van der Waals surface area contributed by atoms with E-state index in [-0.39, 0.29) is 0 Å². The Morgan fingerprint density at radius 2 is 2.15 bits per heavy atom. The van der Waals surface area contributed by atoms with E-state index in [1.165, 1.54) is 18.4 Å². The molecule has 20 heavy (non-hydrogen) atoms. The molecule has 0 aliphatic heterocycles. The summed E-state index contributed by atoms with van der Waals surface area (Å²) in [6.07, 6.45) is 2.61. The predicted molar refractivity (Wildman–Crippen MR) is 84.9 cm³/mol. The highest BCUT2D eigenvalue weighted by Gasteiger charge is 2.21. The van der Waals surface area contributed by atoms with E-state index in [1.807, 2.05) is 6.07 Å². The van der Waals surface area contributed by atoms with Crippen molar-refractivity contribution in [1.82, 2.24) is 5.32 Å². The maximum atomic E-state index is 5.62. The number of rotatable bonds is 9. The lowest BCUT2D eigenvalue weighted by Crippen LogP contribution is -2.18. The van der Waals surface area contributed by atoms with Crippen molar-refractivity contribution in [3.63, 3.8) is 0 Å². The molecule has 1 aromatic rings. The Balaban J connectivity index is 1.72. The zero-order valence-corrected chi connectivity index (χ0v) is 13.9. The summed E-state index contributed by atoms with van der Waals surface area (Å²) in [6.45, 7) is 7.50. The molecule has 0 unspecified atom stereocenters. The fourth-order valence-corrected chi connectivity index (χ4v) is 2.42. The fraction of sp³-hybridized carbons (Fsp3) is 0.625. The molecule has 0 heterocycles. The highest BCUT2D eigenvalue weighted by molar-refractivity contribution is 9.10. The maximum Gasteiger partial charge on any atom is 0.189 e. The van der Waals surface area contributed by atoms with Gasteiger partial charge in [0.05, 0.1) is 11.1 Å². The second-order valence-corrected chi connectivity index (χ2v) is 6.72. The number of nitrogens with one attached hydrogen (secondary N) is 1. The monoisotopic (exact) mass is 341 g/mol. The van der Waals surface area contributed by atoms with Crippen molar-refractivity contribution in [2.45, 2.75) is 33.2 Å². The fourth-order valence-electron chi connectivity index (χ4n) is 1.88. The van der Waals surface area contributed by atoms with Crippen LogP contribution in [0.2, 0.25) is 0 Å². The zero-order valence-electron chi connectivity index (χ0n) is 12.3. The first-order valence-electron chi connectivity index (χ1n) is 7.35. The molecule has 0 spiro atoms. The molecular formula is C16H24BrNO2. The van der Waals surface area contributed by atoms with Gasteiger partial charge >= 0.3 is 0 Å². The normalized spacial score (nSPS) is 14.8. The molecule has 3 nitrogen and oxygen atoms in total. The summed E-state index contributed by atoms with van der Waals surface area (Å²) in [5.41, 5.74) is 1.25. The van der Waals surface area contributed by atoms with Crippen LogP contribution in [0.25, 0.3) is 0 Å². The third-order valence-corrected chi connectivity index (χ3v) is 3.85. The van der Waals surface area contributed by atoms with E-state index >= 15 is 0 Å². The van der Waals surface area contributed by atoms with Crippen LogP contribution in [0.4, 0.5) is 0 Å². The van der Waals surface area contributed by atoms with Gasteiger partial charge in [-0.15, -0.1) is 0 Å². The number of ether oxygens (including phenoxy) is 2. The first-order chi connectivity index (χ1) is 9.65. The van der Waals surface area contributed by atoms with E-state index in [1.54, 1.807) is 0 Å². The van der Waals surface area contributed by atoms with Gasteiger partial charge in [0.15, 0.2) is 6.79 Å². The molecule has 0 radical (unpaired) electrons. The lowest BCUT2D eigenvalue weighted by molar-refractivity contribution is 0.00956. The van der Waals surface area contributed by atoms with Crippen molar-refractivity contribution < 1.29 is 9.47 Å². The van der Waals surface area contributed by atoms with E-state index in [0.29, 0.717) is 12.7 Å². The molecule has 1 saturated carbocycles. The summed E-state index contributed by atoms with van der Waals surface area (Å²) in [7, 11) is 0. The Bertz CT molecular complexity index is 419. The Morgan fingerprint density at radius 1 is 1.35 bits per heavy atom. The minimum atomic E-state index is 0.333. The van der Waals surface area contributed by atoms with E-state index in [0.717, 1.165) is 35.8 Å². The number of hydrogen-bond acceptors (Lipinski definition) is 3.